The second-order valence-electron chi connectivity index (χ2n) is 5.49. The number of esters is 1. The Labute approximate surface area is 155 Å². The Hall–Kier alpha value is -3.16. The fourth-order valence-corrected chi connectivity index (χ4v) is 2.32. The van der Waals surface area contributed by atoms with Crippen LogP contribution in [0.15, 0.2) is 48.5 Å². The lowest BCUT2D eigenvalue weighted by molar-refractivity contribution is -0.124. The van der Waals surface area contributed by atoms with Crippen molar-refractivity contribution in [3.63, 3.8) is 0 Å². The van der Waals surface area contributed by atoms with E-state index in [4.69, 9.17) is 4.74 Å². The molecule has 2 aromatic rings. The number of nitrogens with one attached hydrogen (secondary N) is 2. The highest BCUT2D eigenvalue weighted by atomic mass is 19.3. The van der Waals surface area contributed by atoms with Gasteiger partial charge in [0.2, 0.25) is 0 Å². The number of carbonyl (C=O) groups excluding carboxylic acids is 2. The quantitative estimate of drug-likeness (QED) is 0.656. The largest absolute Gasteiger partial charge is 0.452 e. The molecule has 0 aliphatic carbocycles. The molecule has 0 saturated heterocycles. The molecule has 0 aliphatic rings. The average Bonchev–Trinajstić information content (AvgIpc) is 2.67. The molecule has 0 aliphatic heterocycles. The molecule has 0 heterocycles. The van der Waals surface area contributed by atoms with Crippen molar-refractivity contribution in [1.82, 2.24) is 5.32 Å². The first-order chi connectivity index (χ1) is 13.0. The third-order valence-electron chi connectivity index (χ3n) is 3.64. The lowest BCUT2D eigenvalue weighted by atomic mass is 10.1. The molecule has 0 atom stereocenters. The Morgan fingerprint density at radius 1 is 1.07 bits per heavy atom. The van der Waals surface area contributed by atoms with E-state index in [2.05, 4.69) is 15.4 Å². The summed E-state index contributed by atoms with van der Waals surface area (Å²) < 4.78 is 33.4. The minimum Gasteiger partial charge on any atom is -0.452 e. The van der Waals surface area contributed by atoms with Gasteiger partial charge in [-0.25, -0.2) is 4.79 Å². The van der Waals surface area contributed by atoms with Gasteiger partial charge >= 0.3 is 12.6 Å². The maximum absolute atomic E-state index is 12.1. The van der Waals surface area contributed by atoms with E-state index in [9.17, 15) is 18.4 Å². The molecule has 6 nitrogen and oxygen atoms in total. The van der Waals surface area contributed by atoms with Crippen LogP contribution in [0.1, 0.15) is 15.9 Å². The Kier molecular flexibility index (Phi) is 7.54. The Balaban J connectivity index is 1.72. The molecule has 2 aromatic carbocycles. The topological polar surface area (TPSA) is 76.7 Å². The normalized spacial score (nSPS) is 10.4. The molecule has 2 N–H and O–H groups in total. The van der Waals surface area contributed by atoms with Gasteiger partial charge in [-0.1, -0.05) is 24.3 Å². The van der Waals surface area contributed by atoms with Crippen molar-refractivity contribution in [3.8, 4) is 5.75 Å². The number of rotatable bonds is 9. The number of anilines is 1. The average molecular weight is 378 g/mol. The van der Waals surface area contributed by atoms with Gasteiger partial charge in [0.15, 0.2) is 6.61 Å². The molecule has 27 heavy (non-hydrogen) atoms. The van der Waals surface area contributed by atoms with Crippen molar-refractivity contribution in [2.24, 2.45) is 0 Å². The number of ether oxygens (including phenoxy) is 2. The number of hydrogen-bond donors (Lipinski definition) is 2. The van der Waals surface area contributed by atoms with Crippen molar-refractivity contribution in [2.45, 2.75) is 13.0 Å². The van der Waals surface area contributed by atoms with Gasteiger partial charge in [-0.2, -0.15) is 8.78 Å². The molecule has 0 bridgehead atoms. The van der Waals surface area contributed by atoms with Crippen LogP contribution in [0.4, 0.5) is 14.5 Å². The summed E-state index contributed by atoms with van der Waals surface area (Å²) in [6.45, 7) is -2.94. The van der Waals surface area contributed by atoms with Crippen LogP contribution in [0.2, 0.25) is 0 Å². The number of halogens is 2. The van der Waals surface area contributed by atoms with E-state index in [0.717, 1.165) is 5.56 Å². The fourth-order valence-electron chi connectivity index (χ4n) is 2.32. The summed E-state index contributed by atoms with van der Waals surface area (Å²) in [6, 6.07) is 13.0. The van der Waals surface area contributed by atoms with Crippen molar-refractivity contribution >= 4 is 17.6 Å². The van der Waals surface area contributed by atoms with E-state index < -0.39 is 25.1 Å². The van der Waals surface area contributed by atoms with E-state index >= 15 is 0 Å². The maximum atomic E-state index is 12.1. The van der Waals surface area contributed by atoms with Crippen LogP contribution < -0.4 is 15.4 Å². The lowest BCUT2D eigenvalue weighted by Crippen LogP contribution is -2.30. The Morgan fingerprint density at radius 2 is 1.78 bits per heavy atom. The molecular weight excluding hydrogens is 358 g/mol. The zero-order valence-electron chi connectivity index (χ0n) is 14.7. The molecule has 144 valence electrons. The molecule has 0 radical (unpaired) electrons. The molecule has 2 rings (SSSR count). The number of para-hydroxylation sites is 1. The second kappa shape index (κ2) is 10.1. The van der Waals surface area contributed by atoms with Crippen LogP contribution in [0.25, 0.3) is 0 Å². The van der Waals surface area contributed by atoms with Crippen molar-refractivity contribution < 1.29 is 27.8 Å². The third kappa shape index (κ3) is 6.58. The van der Waals surface area contributed by atoms with Crippen LogP contribution in [0, 0.1) is 0 Å². The smallest absolute Gasteiger partial charge is 0.387 e. The molecule has 0 fully saturated rings. The zero-order valence-corrected chi connectivity index (χ0v) is 14.7. The van der Waals surface area contributed by atoms with Gasteiger partial charge in [0.25, 0.3) is 5.91 Å². The number of hydrogen-bond acceptors (Lipinski definition) is 5. The number of carbonyl (C=O) groups is 2. The van der Waals surface area contributed by atoms with Gasteiger partial charge in [-0.3, -0.25) is 4.79 Å². The Bertz CT molecular complexity index is 767. The van der Waals surface area contributed by atoms with Gasteiger partial charge in [0, 0.05) is 19.3 Å². The zero-order chi connectivity index (χ0) is 19.6. The molecule has 8 heteroatoms. The molecule has 0 aromatic heterocycles. The highest BCUT2D eigenvalue weighted by Gasteiger charge is 2.13. The van der Waals surface area contributed by atoms with Crippen molar-refractivity contribution in [1.29, 1.82) is 0 Å². The SMILES string of the molecule is CNc1ccccc1C(=O)OCC(=O)NCCc1ccc(OC(F)F)cc1. The summed E-state index contributed by atoms with van der Waals surface area (Å²) >= 11 is 0. The standard InChI is InChI=1S/C19H20F2N2O4/c1-22-16-5-3-2-4-15(16)18(25)26-12-17(24)23-11-10-13-6-8-14(9-7-13)27-19(20)21/h2-9,19,22H,10-12H2,1H3,(H,23,24). The third-order valence-corrected chi connectivity index (χ3v) is 3.64. The molecule has 0 saturated carbocycles. The predicted molar refractivity (Wildman–Crippen MR) is 96.1 cm³/mol. The van der Waals surface area contributed by atoms with Crippen LogP contribution in [0.5, 0.6) is 5.75 Å². The first kappa shape index (κ1) is 20.2. The van der Waals surface area contributed by atoms with Crippen LogP contribution in [-0.4, -0.2) is 38.7 Å². The lowest BCUT2D eigenvalue weighted by Gasteiger charge is -2.10. The van der Waals surface area contributed by atoms with Crippen LogP contribution in [-0.2, 0) is 16.0 Å². The summed E-state index contributed by atoms with van der Waals surface area (Å²) in [7, 11) is 1.69. The van der Waals surface area contributed by atoms with Gasteiger partial charge in [-0.05, 0) is 36.2 Å². The first-order valence-electron chi connectivity index (χ1n) is 8.24. The van der Waals surface area contributed by atoms with Crippen LogP contribution >= 0.6 is 0 Å². The summed E-state index contributed by atoms with van der Waals surface area (Å²) in [5, 5.41) is 5.51. The molecule has 0 unspecified atom stereocenters. The first-order valence-corrected chi connectivity index (χ1v) is 8.24. The van der Waals surface area contributed by atoms with Gasteiger partial charge in [0.1, 0.15) is 5.75 Å². The summed E-state index contributed by atoms with van der Waals surface area (Å²) in [5.74, 6) is -0.945. The molecular formula is C19H20F2N2O4. The second-order valence-corrected chi connectivity index (χ2v) is 5.49. The number of amides is 1. The van der Waals surface area contributed by atoms with E-state index in [1.165, 1.54) is 12.1 Å². The van der Waals surface area contributed by atoms with Gasteiger partial charge in [0.05, 0.1) is 5.56 Å². The predicted octanol–water partition coefficient (Wildman–Crippen LogP) is 2.85. The molecule has 1 amide bonds. The fraction of sp³-hybridized carbons (Fsp3) is 0.263. The highest BCUT2D eigenvalue weighted by molar-refractivity contribution is 5.96. The maximum Gasteiger partial charge on any atom is 0.387 e. The summed E-state index contributed by atoms with van der Waals surface area (Å²) in [4.78, 5) is 23.8. The van der Waals surface area contributed by atoms with Gasteiger partial charge < -0.3 is 20.1 Å². The van der Waals surface area contributed by atoms with Crippen molar-refractivity contribution in [3.05, 3.63) is 59.7 Å². The number of alkyl halides is 2. The summed E-state index contributed by atoms with van der Waals surface area (Å²) in [5.41, 5.74) is 1.80. The summed E-state index contributed by atoms with van der Waals surface area (Å²) in [6.07, 6.45) is 0.497. The van der Waals surface area contributed by atoms with Gasteiger partial charge in [-0.15, -0.1) is 0 Å². The van der Waals surface area contributed by atoms with E-state index in [0.29, 0.717) is 24.2 Å². The monoisotopic (exact) mass is 378 g/mol. The Morgan fingerprint density at radius 3 is 2.44 bits per heavy atom. The highest BCUT2D eigenvalue weighted by Crippen LogP contribution is 2.16. The minimum atomic E-state index is -2.86. The number of benzene rings is 2. The minimum absolute atomic E-state index is 0.0755. The molecule has 0 spiro atoms. The van der Waals surface area contributed by atoms with E-state index in [1.807, 2.05) is 0 Å². The van der Waals surface area contributed by atoms with Crippen LogP contribution in [0.3, 0.4) is 0 Å². The van der Waals surface area contributed by atoms with Crippen molar-refractivity contribution in [2.75, 3.05) is 25.5 Å². The van der Waals surface area contributed by atoms with E-state index in [1.54, 1.807) is 43.4 Å². The van der Waals surface area contributed by atoms with E-state index in [-0.39, 0.29) is 5.75 Å².